The topological polar surface area (TPSA) is 103 Å². The minimum Gasteiger partial charge on any atom is -0.461 e. The Bertz CT molecular complexity index is 436. The van der Waals surface area contributed by atoms with Crippen LogP contribution < -0.4 is 10.6 Å². The van der Waals surface area contributed by atoms with E-state index in [1.54, 1.807) is 13.8 Å². The van der Waals surface area contributed by atoms with Gasteiger partial charge in [-0.2, -0.15) is 0 Å². The molecule has 0 saturated heterocycles. The predicted octanol–water partition coefficient (Wildman–Crippen LogP) is 0.539. The molecule has 0 aliphatic rings. The lowest BCUT2D eigenvalue weighted by Crippen LogP contribution is -2.41. The van der Waals surface area contributed by atoms with Crippen LogP contribution in [0.2, 0.25) is 0 Å². The van der Waals surface area contributed by atoms with E-state index in [0.29, 0.717) is 5.57 Å². The first-order chi connectivity index (χ1) is 10.9. The molecule has 0 fully saturated rings. The van der Waals surface area contributed by atoms with Crippen molar-refractivity contribution < 1.29 is 28.6 Å². The van der Waals surface area contributed by atoms with E-state index in [0.717, 1.165) is 6.08 Å². The highest BCUT2D eigenvalue weighted by Gasteiger charge is 2.07. The second-order valence-electron chi connectivity index (χ2n) is 4.61. The van der Waals surface area contributed by atoms with Crippen LogP contribution in [0.1, 0.15) is 13.8 Å². The number of amides is 2. The molecule has 8 heteroatoms. The zero-order chi connectivity index (χ0) is 17.7. The summed E-state index contributed by atoms with van der Waals surface area (Å²) in [4.78, 5) is 33.3. The van der Waals surface area contributed by atoms with Gasteiger partial charge in [0.2, 0.25) is 0 Å². The molecule has 0 aromatic carbocycles. The van der Waals surface area contributed by atoms with E-state index >= 15 is 0 Å². The summed E-state index contributed by atoms with van der Waals surface area (Å²) in [7, 11) is 0. The average Bonchev–Trinajstić information content (AvgIpc) is 2.52. The fourth-order valence-electron chi connectivity index (χ4n) is 1.24. The van der Waals surface area contributed by atoms with Gasteiger partial charge in [-0.05, 0) is 13.8 Å². The molecule has 1 unspecified atom stereocenters. The van der Waals surface area contributed by atoms with Crippen molar-refractivity contribution in [1.82, 2.24) is 10.6 Å². The number of rotatable bonds is 11. The van der Waals surface area contributed by atoms with Crippen molar-refractivity contribution >= 4 is 18.0 Å². The third-order valence-corrected chi connectivity index (χ3v) is 2.42. The summed E-state index contributed by atoms with van der Waals surface area (Å²) in [5.41, 5.74) is 0.329. The molecule has 0 aliphatic carbocycles. The van der Waals surface area contributed by atoms with Gasteiger partial charge in [-0.1, -0.05) is 13.2 Å². The van der Waals surface area contributed by atoms with E-state index in [9.17, 15) is 14.4 Å². The number of nitrogens with one attached hydrogen (secondary N) is 2. The normalized spacial score (nSPS) is 11.0. The van der Waals surface area contributed by atoms with Crippen LogP contribution in [0.25, 0.3) is 0 Å². The van der Waals surface area contributed by atoms with Crippen molar-refractivity contribution in [2.45, 2.75) is 20.0 Å². The van der Waals surface area contributed by atoms with Crippen LogP contribution in [0.4, 0.5) is 4.79 Å². The van der Waals surface area contributed by atoms with Gasteiger partial charge in [-0.25, -0.2) is 14.4 Å². The van der Waals surface area contributed by atoms with E-state index in [1.165, 1.54) is 0 Å². The van der Waals surface area contributed by atoms with Crippen molar-refractivity contribution in [1.29, 1.82) is 0 Å². The Morgan fingerprint density at radius 2 is 1.83 bits per heavy atom. The maximum Gasteiger partial charge on any atom is 0.333 e. The van der Waals surface area contributed by atoms with Crippen LogP contribution in [0.5, 0.6) is 0 Å². The Kier molecular flexibility index (Phi) is 11.0. The number of hydrogen-bond acceptors (Lipinski definition) is 6. The summed E-state index contributed by atoms with van der Waals surface area (Å²) < 4.78 is 14.9. The summed E-state index contributed by atoms with van der Waals surface area (Å²) in [6.45, 7) is 10.9. The predicted molar refractivity (Wildman–Crippen MR) is 83.7 cm³/mol. The fraction of sp³-hybridized carbons (Fsp3) is 0.533. The van der Waals surface area contributed by atoms with Crippen molar-refractivity contribution in [3.8, 4) is 0 Å². The lowest BCUT2D eigenvalue weighted by Gasteiger charge is -2.14. The van der Waals surface area contributed by atoms with Gasteiger partial charge in [0.25, 0.3) is 0 Å². The molecule has 0 rings (SSSR count). The molecule has 0 spiro atoms. The van der Waals surface area contributed by atoms with Crippen LogP contribution >= 0.6 is 0 Å². The molecule has 1 atom stereocenters. The maximum atomic E-state index is 11.4. The Hall–Kier alpha value is -2.35. The highest BCUT2D eigenvalue weighted by atomic mass is 16.6. The molecule has 0 aromatic heterocycles. The third-order valence-electron chi connectivity index (χ3n) is 2.42. The van der Waals surface area contributed by atoms with Gasteiger partial charge in [-0.15, -0.1) is 0 Å². The smallest absolute Gasteiger partial charge is 0.333 e. The second-order valence-corrected chi connectivity index (χ2v) is 4.61. The van der Waals surface area contributed by atoms with E-state index in [-0.39, 0.29) is 39.0 Å². The van der Waals surface area contributed by atoms with E-state index in [1.807, 2.05) is 0 Å². The van der Waals surface area contributed by atoms with E-state index in [4.69, 9.17) is 14.2 Å². The molecule has 0 heterocycles. The minimum absolute atomic E-state index is 0.0679. The molecule has 0 radical (unpaired) electrons. The minimum atomic E-state index is -0.540. The molecule has 2 amide bonds. The number of esters is 2. The summed E-state index contributed by atoms with van der Waals surface area (Å²) in [6.07, 6.45) is 0.801. The average molecular weight is 328 g/mol. The van der Waals surface area contributed by atoms with Crippen LogP contribution in [0.15, 0.2) is 24.8 Å². The Morgan fingerprint density at radius 3 is 2.43 bits per heavy atom. The number of hydrogen-bond donors (Lipinski definition) is 2. The molecule has 23 heavy (non-hydrogen) atoms. The SMILES string of the molecule is C=CC(=O)OCCNC(=O)NCC(C)OCCOC(=O)C(=C)C. The van der Waals surface area contributed by atoms with E-state index < -0.39 is 18.0 Å². The van der Waals surface area contributed by atoms with Crippen molar-refractivity contribution in [3.05, 3.63) is 24.8 Å². The quantitative estimate of drug-likeness (QED) is 0.326. The van der Waals surface area contributed by atoms with Crippen molar-refractivity contribution in [3.63, 3.8) is 0 Å². The molecule has 0 bridgehead atoms. The monoisotopic (exact) mass is 328 g/mol. The zero-order valence-corrected chi connectivity index (χ0v) is 13.6. The summed E-state index contributed by atoms with van der Waals surface area (Å²) in [6, 6.07) is -0.399. The molecule has 2 N–H and O–H groups in total. The van der Waals surface area contributed by atoms with Crippen LogP contribution in [0, 0.1) is 0 Å². The molecule has 8 nitrogen and oxygen atoms in total. The van der Waals surface area contributed by atoms with Crippen molar-refractivity contribution in [2.75, 3.05) is 32.9 Å². The van der Waals surface area contributed by atoms with Gasteiger partial charge in [0.1, 0.15) is 13.2 Å². The molecule has 0 aromatic rings. The van der Waals surface area contributed by atoms with Gasteiger partial charge < -0.3 is 24.8 Å². The van der Waals surface area contributed by atoms with Gasteiger partial charge in [0.15, 0.2) is 0 Å². The molecule has 130 valence electrons. The third kappa shape index (κ3) is 11.9. The number of carbonyl (C=O) groups excluding carboxylic acids is 3. The van der Waals surface area contributed by atoms with Gasteiger partial charge in [0, 0.05) is 18.2 Å². The van der Waals surface area contributed by atoms with Gasteiger partial charge >= 0.3 is 18.0 Å². The Balaban J connectivity index is 3.60. The van der Waals surface area contributed by atoms with Crippen LogP contribution in [-0.2, 0) is 23.8 Å². The van der Waals surface area contributed by atoms with Gasteiger partial charge in [0.05, 0.1) is 19.3 Å². The summed E-state index contributed by atoms with van der Waals surface area (Å²) in [5, 5.41) is 5.11. The fourth-order valence-corrected chi connectivity index (χ4v) is 1.24. The molecule has 0 aliphatic heterocycles. The standard InChI is InChI=1S/C15H24N2O6/c1-5-13(18)22-7-6-16-15(20)17-10-12(4)21-8-9-23-14(19)11(2)3/h5,12H,1-2,6-10H2,3-4H3,(H2,16,17,20). The molecular weight excluding hydrogens is 304 g/mol. The van der Waals surface area contributed by atoms with E-state index in [2.05, 4.69) is 23.8 Å². The van der Waals surface area contributed by atoms with Crippen LogP contribution in [-0.4, -0.2) is 57.0 Å². The lowest BCUT2D eigenvalue weighted by molar-refractivity contribution is -0.141. The maximum absolute atomic E-state index is 11.4. The second kappa shape index (κ2) is 12.2. The highest BCUT2D eigenvalue weighted by Crippen LogP contribution is 1.93. The number of ether oxygens (including phenoxy) is 3. The zero-order valence-electron chi connectivity index (χ0n) is 13.6. The Labute approximate surface area is 135 Å². The van der Waals surface area contributed by atoms with Crippen LogP contribution in [0.3, 0.4) is 0 Å². The molecular formula is C15H24N2O6. The first-order valence-electron chi connectivity index (χ1n) is 7.12. The summed E-state index contributed by atoms with van der Waals surface area (Å²) in [5.74, 6) is -1.00. The summed E-state index contributed by atoms with van der Waals surface area (Å²) >= 11 is 0. The highest BCUT2D eigenvalue weighted by molar-refractivity contribution is 5.86. The first-order valence-corrected chi connectivity index (χ1v) is 7.12. The largest absolute Gasteiger partial charge is 0.461 e. The van der Waals surface area contributed by atoms with Crippen molar-refractivity contribution in [2.24, 2.45) is 0 Å². The molecule has 0 saturated carbocycles. The lowest BCUT2D eigenvalue weighted by atomic mass is 10.4. The van der Waals surface area contributed by atoms with Gasteiger partial charge in [-0.3, -0.25) is 0 Å². The first kappa shape index (κ1) is 20.6. The number of carbonyl (C=O) groups is 3. The number of urea groups is 1. The Morgan fingerprint density at radius 1 is 1.13 bits per heavy atom.